The van der Waals surface area contributed by atoms with Crippen molar-refractivity contribution in [2.75, 3.05) is 6.66 Å². The van der Waals surface area contributed by atoms with Gasteiger partial charge in [-0.1, -0.05) is 6.92 Å². The number of rotatable bonds is 1. The molecule has 2 unspecified atom stereocenters. The summed E-state index contributed by atoms with van der Waals surface area (Å²) in [5.74, 6) is 0.354. The Bertz CT molecular complexity index is 123. The molecule has 42 valence electrons. The molecule has 7 heavy (non-hydrogen) atoms. The van der Waals surface area contributed by atoms with Crippen LogP contribution in [0.15, 0.2) is 0 Å². The highest BCUT2D eigenvalue weighted by Gasteiger charge is 2.42. The van der Waals surface area contributed by atoms with Gasteiger partial charge in [0.1, 0.15) is 0 Å². The van der Waals surface area contributed by atoms with Crippen molar-refractivity contribution < 1.29 is 4.57 Å². The minimum absolute atomic E-state index is 0.354. The Morgan fingerprint density at radius 1 is 1.86 bits per heavy atom. The topological polar surface area (TPSA) is 39.0 Å². The summed E-state index contributed by atoms with van der Waals surface area (Å²) in [6.07, 6.45) is 1.01. The van der Waals surface area contributed by atoms with Crippen molar-refractivity contribution in [1.29, 1.82) is 0 Å². The third kappa shape index (κ3) is 0.868. The smallest absolute Gasteiger partial charge is 0.162 e. The van der Waals surface area contributed by atoms with Crippen LogP contribution in [0.2, 0.25) is 0 Å². The summed E-state index contributed by atoms with van der Waals surface area (Å²) >= 11 is 0. The molecule has 2 nitrogen and oxygen atoms in total. The molecule has 1 aliphatic heterocycles. The van der Waals surface area contributed by atoms with Crippen LogP contribution in [0.5, 0.6) is 0 Å². The number of hydrogen-bond acceptors (Lipinski definition) is 1. The van der Waals surface area contributed by atoms with Gasteiger partial charge in [-0.3, -0.25) is 5.09 Å². The first kappa shape index (κ1) is 5.33. The van der Waals surface area contributed by atoms with E-state index in [0.717, 1.165) is 6.42 Å². The molecular formula is C4H10NOP. The second-order valence-electron chi connectivity index (χ2n) is 2.04. The standard InChI is InChI=1S/C4H10NOP/c1-3-4-5-7(4,2)6/h4H,3H2,1-2H3,(H,5,6). The van der Waals surface area contributed by atoms with Gasteiger partial charge in [-0.25, -0.2) is 0 Å². The summed E-state index contributed by atoms with van der Waals surface area (Å²) in [6, 6.07) is 0. The van der Waals surface area contributed by atoms with E-state index in [1.165, 1.54) is 0 Å². The van der Waals surface area contributed by atoms with Crippen LogP contribution in [-0.4, -0.2) is 12.4 Å². The van der Waals surface area contributed by atoms with Gasteiger partial charge >= 0.3 is 0 Å². The van der Waals surface area contributed by atoms with Crippen LogP contribution >= 0.6 is 7.29 Å². The second-order valence-corrected chi connectivity index (χ2v) is 4.91. The van der Waals surface area contributed by atoms with Crippen molar-refractivity contribution in [3.05, 3.63) is 0 Å². The molecule has 0 radical (unpaired) electrons. The molecule has 0 saturated carbocycles. The van der Waals surface area contributed by atoms with E-state index in [0.29, 0.717) is 5.78 Å². The third-order valence-electron chi connectivity index (χ3n) is 1.32. The molecule has 0 aromatic rings. The summed E-state index contributed by atoms with van der Waals surface area (Å²) in [7, 11) is -1.75. The van der Waals surface area contributed by atoms with Crippen LogP contribution < -0.4 is 5.09 Å². The zero-order valence-electron chi connectivity index (χ0n) is 4.64. The van der Waals surface area contributed by atoms with Gasteiger partial charge in [0.15, 0.2) is 7.29 Å². The van der Waals surface area contributed by atoms with Crippen LogP contribution in [0.4, 0.5) is 0 Å². The highest BCUT2D eigenvalue weighted by Crippen LogP contribution is 2.57. The summed E-state index contributed by atoms with van der Waals surface area (Å²) in [5.41, 5.74) is 0. The molecule has 0 aromatic heterocycles. The fourth-order valence-corrected chi connectivity index (χ4v) is 2.59. The Morgan fingerprint density at radius 3 is 2.29 bits per heavy atom. The zero-order valence-corrected chi connectivity index (χ0v) is 5.53. The minimum atomic E-state index is -1.75. The number of hydrogen-bond donors (Lipinski definition) is 1. The summed E-state index contributed by atoms with van der Waals surface area (Å²) < 4.78 is 10.8. The van der Waals surface area contributed by atoms with Crippen molar-refractivity contribution in [1.82, 2.24) is 5.09 Å². The van der Waals surface area contributed by atoms with Gasteiger partial charge in [0.25, 0.3) is 0 Å². The van der Waals surface area contributed by atoms with Crippen LogP contribution in [0.3, 0.4) is 0 Å². The van der Waals surface area contributed by atoms with Gasteiger partial charge in [0.2, 0.25) is 0 Å². The van der Waals surface area contributed by atoms with E-state index in [9.17, 15) is 4.57 Å². The van der Waals surface area contributed by atoms with Crippen molar-refractivity contribution in [3.63, 3.8) is 0 Å². The van der Waals surface area contributed by atoms with Gasteiger partial charge in [-0.05, 0) is 6.42 Å². The Balaban J connectivity index is 2.45. The third-order valence-corrected chi connectivity index (χ3v) is 3.55. The lowest BCUT2D eigenvalue weighted by molar-refractivity contribution is 0.588. The van der Waals surface area contributed by atoms with Crippen molar-refractivity contribution >= 4 is 7.29 Å². The average molecular weight is 119 g/mol. The van der Waals surface area contributed by atoms with Crippen LogP contribution in [0, 0.1) is 0 Å². The van der Waals surface area contributed by atoms with Gasteiger partial charge in [0, 0.05) is 6.66 Å². The monoisotopic (exact) mass is 119 g/mol. The highest BCUT2D eigenvalue weighted by atomic mass is 31.2. The van der Waals surface area contributed by atoms with Gasteiger partial charge in [0.05, 0.1) is 5.78 Å². The normalized spacial score (nSPS) is 49.1. The molecule has 3 heteroatoms. The Kier molecular flexibility index (Phi) is 1.01. The van der Waals surface area contributed by atoms with E-state index in [1.54, 1.807) is 6.66 Å². The molecule has 2 atom stereocenters. The Hall–Kier alpha value is 0.190. The van der Waals surface area contributed by atoms with E-state index in [1.807, 2.05) is 6.92 Å². The quantitative estimate of drug-likeness (QED) is 0.416. The zero-order chi connectivity index (χ0) is 5.49. The fraction of sp³-hybridized carbons (Fsp3) is 1.00. The van der Waals surface area contributed by atoms with Crippen LogP contribution in [0.1, 0.15) is 13.3 Å². The molecule has 1 rings (SSSR count). The molecule has 0 aliphatic carbocycles. The van der Waals surface area contributed by atoms with E-state index < -0.39 is 7.29 Å². The predicted octanol–water partition coefficient (Wildman–Crippen LogP) is 1.23. The molecule has 1 N–H and O–H groups in total. The number of nitrogens with one attached hydrogen (secondary N) is 1. The van der Waals surface area contributed by atoms with Crippen LogP contribution in [0.25, 0.3) is 0 Å². The maximum absolute atomic E-state index is 10.8. The van der Waals surface area contributed by atoms with Crippen LogP contribution in [-0.2, 0) is 4.57 Å². The lowest BCUT2D eigenvalue weighted by Gasteiger charge is -1.77. The van der Waals surface area contributed by atoms with Crippen molar-refractivity contribution in [2.45, 2.75) is 19.1 Å². The Labute approximate surface area is 43.7 Å². The van der Waals surface area contributed by atoms with E-state index >= 15 is 0 Å². The first-order valence-corrected chi connectivity index (χ1v) is 4.74. The lowest BCUT2D eigenvalue weighted by atomic mass is 10.5. The Morgan fingerprint density at radius 2 is 2.29 bits per heavy atom. The van der Waals surface area contributed by atoms with E-state index in [4.69, 9.17) is 0 Å². The predicted molar refractivity (Wildman–Crippen MR) is 30.7 cm³/mol. The maximum atomic E-state index is 10.8. The van der Waals surface area contributed by atoms with Gasteiger partial charge in [-0.2, -0.15) is 0 Å². The van der Waals surface area contributed by atoms with E-state index in [2.05, 4.69) is 5.09 Å². The molecule has 1 aliphatic rings. The van der Waals surface area contributed by atoms with E-state index in [-0.39, 0.29) is 0 Å². The average Bonchev–Trinajstić information content (AvgIpc) is 2.13. The SMILES string of the molecule is CCC1NP1(C)=O. The first-order valence-electron chi connectivity index (χ1n) is 2.52. The molecular weight excluding hydrogens is 109 g/mol. The summed E-state index contributed by atoms with van der Waals surface area (Å²) in [6.45, 7) is 3.84. The largest absolute Gasteiger partial charge is 0.305 e. The lowest BCUT2D eigenvalue weighted by Crippen LogP contribution is -1.81. The van der Waals surface area contributed by atoms with Gasteiger partial charge < -0.3 is 4.57 Å². The maximum Gasteiger partial charge on any atom is 0.162 e. The molecule has 1 saturated heterocycles. The molecule has 1 heterocycles. The fourth-order valence-electron chi connectivity index (χ4n) is 0.702. The molecule has 0 spiro atoms. The molecule has 0 aromatic carbocycles. The minimum Gasteiger partial charge on any atom is -0.305 e. The first-order chi connectivity index (χ1) is 3.17. The van der Waals surface area contributed by atoms with Gasteiger partial charge in [-0.15, -0.1) is 0 Å². The second kappa shape index (κ2) is 1.33. The van der Waals surface area contributed by atoms with Crippen molar-refractivity contribution in [3.8, 4) is 0 Å². The molecule has 0 amide bonds. The van der Waals surface area contributed by atoms with Crippen molar-refractivity contribution in [2.24, 2.45) is 0 Å². The summed E-state index contributed by atoms with van der Waals surface area (Å²) in [5, 5.41) is 2.91. The highest BCUT2D eigenvalue weighted by molar-refractivity contribution is 7.68. The molecule has 0 bridgehead atoms. The molecule has 1 fully saturated rings. The summed E-state index contributed by atoms with van der Waals surface area (Å²) in [4.78, 5) is 0.